The molecule has 0 aliphatic carbocycles. The molecule has 2 aromatic heterocycles. The summed E-state index contributed by atoms with van der Waals surface area (Å²) in [5.41, 5.74) is 0.609. The van der Waals surface area contributed by atoms with Gasteiger partial charge in [0.15, 0.2) is 0 Å². The van der Waals surface area contributed by atoms with Crippen molar-refractivity contribution in [2.24, 2.45) is 0 Å². The monoisotopic (exact) mass is 283 g/mol. The van der Waals surface area contributed by atoms with Gasteiger partial charge in [0.25, 0.3) is 5.56 Å². The Labute approximate surface area is 120 Å². The van der Waals surface area contributed by atoms with Gasteiger partial charge in [-0.05, 0) is 24.4 Å². The average molecular weight is 283 g/mol. The smallest absolute Gasteiger partial charge is 0.344 e. The fourth-order valence-electron chi connectivity index (χ4n) is 2.43. The van der Waals surface area contributed by atoms with Gasteiger partial charge in [-0.15, -0.1) is 0 Å². The summed E-state index contributed by atoms with van der Waals surface area (Å²) < 4.78 is 6.36. The number of aromatic nitrogens is 1. The third-order valence-corrected chi connectivity index (χ3v) is 3.31. The Bertz CT molecular complexity index is 911. The summed E-state index contributed by atoms with van der Waals surface area (Å²) in [6.07, 6.45) is 0. The summed E-state index contributed by atoms with van der Waals surface area (Å²) in [6.45, 7) is 1.87. The van der Waals surface area contributed by atoms with Crippen molar-refractivity contribution in [2.45, 2.75) is 6.92 Å². The Morgan fingerprint density at radius 3 is 2.71 bits per heavy atom. The molecule has 1 aromatic carbocycles. The van der Waals surface area contributed by atoms with Crippen LogP contribution in [0.4, 0.5) is 0 Å². The molecule has 0 bridgehead atoms. The van der Waals surface area contributed by atoms with Gasteiger partial charge < -0.3 is 9.84 Å². The van der Waals surface area contributed by atoms with Crippen LogP contribution in [0.5, 0.6) is 5.75 Å². The van der Waals surface area contributed by atoms with Crippen molar-refractivity contribution in [3.63, 3.8) is 0 Å². The number of benzene rings is 1. The Morgan fingerprint density at radius 1 is 1.19 bits per heavy atom. The molecule has 0 amide bonds. The zero-order valence-corrected chi connectivity index (χ0v) is 11.4. The summed E-state index contributed by atoms with van der Waals surface area (Å²) in [5.74, 6) is -1.02. The Kier molecular flexibility index (Phi) is 3.10. The predicted octanol–water partition coefficient (Wildman–Crippen LogP) is 2.33. The van der Waals surface area contributed by atoms with Crippen molar-refractivity contribution in [1.82, 2.24) is 4.40 Å². The number of ether oxygens (including phenoxy) is 1. The first-order valence-corrected chi connectivity index (χ1v) is 6.57. The molecule has 106 valence electrons. The number of aromatic hydroxyl groups is 1. The first-order valence-electron chi connectivity index (χ1n) is 6.57. The number of esters is 1. The van der Waals surface area contributed by atoms with Gasteiger partial charge in [0.2, 0.25) is 0 Å². The van der Waals surface area contributed by atoms with Crippen LogP contribution in [-0.4, -0.2) is 22.1 Å². The second kappa shape index (κ2) is 4.94. The van der Waals surface area contributed by atoms with Crippen molar-refractivity contribution in [3.05, 3.63) is 58.4 Å². The molecule has 1 N–H and O–H groups in total. The van der Waals surface area contributed by atoms with Gasteiger partial charge in [0, 0.05) is 6.07 Å². The van der Waals surface area contributed by atoms with Crippen molar-refractivity contribution < 1.29 is 14.6 Å². The lowest BCUT2D eigenvalue weighted by atomic mass is 10.1. The van der Waals surface area contributed by atoms with E-state index in [1.165, 1.54) is 4.40 Å². The van der Waals surface area contributed by atoms with E-state index in [4.69, 9.17) is 4.74 Å². The molecule has 0 fully saturated rings. The molecule has 0 spiro atoms. The van der Waals surface area contributed by atoms with Crippen LogP contribution in [0.25, 0.3) is 16.4 Å². The lowest BCUT2D eigenvalue weighted by molar-refractivity contribution is 0.0525. The maximum atomic E-state index is 12.2. The van der Waals surface area contributed by atoms with Gasteiger partial charge in [0.1, 0.15) is 11.3 Å². The van der Waals surface area contributed by atoms with E-state index in [1.807, 2.05) is 18.2 Å². The van der Waals surface area contributed by atoms with E-state index < -0.39 is 11.5 Å². The van der Waals surface area contributed by atoms with Crippen LogP contribution in [0.3, 0.4) is 0 Å². The number of para-hydroxylation sites is 1. The van der Waals surface area contributed by atoms with Crippen molar-refractivity contribution in [3.8, 4) is 5.75 Å². The molecule has 0 saturated carbocycles. The molecule has 0 radical (unpaired) electrons. The summed E-state index contributed by atoms with van der Waals surface area (Å²) in [4.78, 5) is 24.2. The molecule has 0 aliphatic rings. The van der Waals surface area contributed by atoms with Gasteiger partial charge in [-0.3, -0.25) is 9.20 Å². The minimum absolute atomic E-state index is 0.00204. The van der Waals surface area contributed by atoms with E-state index in [0.717, 1.165) is 11.5 Å². The van der Waals surface area contributed by atoms with E-state index in [-0.39, 0.29) is 17.9 Å². The first kappa shape index (κ1) is 13.2. The molecule has 0 aliphatic heterocycles. The maximum absolute atomic E-state index is 12.2. The van der Waals surface area contributed by atoms with E-state index in [2.05, 4.69) is 0 Å². The first-order chi connectivity index (χ1) is 10.1. The number of hydrogen-bond acceptors (Lipinski definition) is 4. The van der Waals surface area contributed by atoms with Gasteiger partial charge in [0.05, 0.1) is 17.6 Å². The van der Waals surface area contributed by atoms with Crippen LogP contribution in [0, 0.1) is 0 Å². The lowest BCUT2D eigenvalue weighted by Crippen LogP contribution is -2.17. The van der Waals surface area contributed by atoms with Gasteiger partial charge in [-0.25, -0.2) is 4.79 Å². The second-order valence-electron chi connectivity index (χ2n) is 4.58. The Balaban J connectivity index is 2.47. The number of carbonyl (C=O) groups is 1. The van der Waals surface area contributed by atoms with Gasteiger partial charge in [-0.1, -0.05) is 24.3 Å². The number of carbonyl (C=O) groups excluding carboxylic acids is 1. The number of rotatable bonds is 2. The van der Waals surface area contributed by atoms with Gasteiger partial charge in [-0.2, -0.15) is 0 Å². The van der Waals surface area contributed by atoms with Crippen molar-refractivity contribution in [1.29, 1.82) is 0 Å². The zero-order valence-electron chi connectivity index (χ0n) is 11.4. The highest BCUT2D eigenvalue weighted by molar-refractivity contribution is 6.01. The summed E-state index contributed by atoms with van der Waals surface area (Å²) in [5, 5.41) is 10.8. The third-order valence-electron chi connectivity index (χ3n) is 3.31. The number of hydrogen-bond donors (Lipinski definition) is 1. The molecule has 5 heteroatoms. The average Bonchev–Trinajstić information content (AvgIpc) is 2.46. The molecule has 0 unspecified atom stereocenters. The summed E-state index contributed by atoms with van der Waals surface area (Å²) in [7, 11) is 0. The predicted molar refractivity (Wildman–Crippen MR) is 78.8 cm³/mol. The number of fused-ring (bicyclic) bond motifs is 3. The van der Waals surface area contributed by atoms with Crippen LogP contribution in [0.15, 0.2) is 47.3 Å². The Morgan fingerprint density at radius 2 is 1.95 bits per heavy atom. The third kappa shape index (κ3) is 2.03. The lowest BCUT2D eigenvalue weighted by Gasteiger charge is -2.11. The van der Waals surface area contributed by atoms with Crippen molar-refractivity contribution in [2.75, 3.05) is 6.61 Å². The standard InChI is InChI=1S/C16H13NO4/c1-2-21-16(20)15-12-8-7-10-5-3-4-6-11(10)17(12)14(19)9-13(15)18/h3-9,18H,2H2,1H3. The summed E-state index contributed by atoms with van der Waals surface area (Å²) in [6, 6.07) is 11.8. The normalized spacial score (nSPS) is 10.9. The molecule has 5 nitrogen and oxygen atoms in total. The molecule has 3 aromatic rings. The highest BCUT2D eigenvalue weighted by Crippen LogP contribution is 2.24. The minimum atomic E-state index is -0.650. The van der Waals surface area contributed by atoms with Crippen LogP contribution >= 0.6 is 0 Å². The minimum Gasteiger partial charge on any atom is -0.507 e. The maximum Gasteiger partial charge on any atom is 0.344 e. The topological polar surface area (TPSA) is 68.0 Å². The van der Waals surface area contributed by atoms with Crippen molar-refractivity contribution >= 4 is 22.4 Å². The van der Waals surface area contributed by atoms with E-state index in [0.29, 0.717) is 11.0 Å². The quantitative estimate of drug-likeness (QED) is 0.579. The number of nitrogens with zero attached hydrogens (tertiary/aromatic N) is 1. The van der Waals surface area contributed by atoms with Gasteiger partial charge >= 0.3 is 5.97 Å². The summed E-state index contributed by atoms with van der Waals surface area (Å²) >= 11 is 0. The van der Waals surface area contributed by atoms with Crippen LogP contribution in [-0.2, 0) is 4.74 Å². The molecular weight excluding hydrogens is 270 g/mol. The number of pyridine rings is 2. The molecule has 3 rings (SSSR count). The van der Waals surface area contributed by atoms with E-state index in [9.17, 15) is 14.7 Å². The highest BCUT2D eigenvalue weighted by atomic mass is 16.5. The molecule has 2 heterocycles. The van der Waals surface area contributed by atoms with Crippen LogP contribution in [0.1, 0.15) is 17.3 Å². The molecular formula is C16H13NO4. The molecule has 0 saturated heterocycles. The zero-order chi connectivity index (χ0) is 15.0. The van der Waals surface area contributed by atoms with Crippen LogP contribution in [0.2, 0.25) is 0 Å². The molecule has 21 heavy (non-hydrogen) atoms. The fraction of sp³-hybridized carbons (Fsp3) is 0.125. The van der Waals surface area contributed by atoms with E-state index in [1.54, 1.807) is 25.1 Å². The second-order valence-corrected chi connectivity index (χ2v) is 4.58. The fourth-order valence-corrected chi connectivity index (χ4v) is 2.43. The van der Waals surface area contributed by atoms with Crippen LogP contribution < -0.4 is 5.56 Å². The highest BCUT2D eigenvalue weighted by Gasteiger charge is 2.19. The van der Waals surface area contributed by atoms with E-state index >= 15 is 0 Å². The molecule has 0 atom stereocenters. The largest absolute Gasteiger partial charge is 0.507 e. The Hall–Kier alpha value is -2.82. The SMILES string of the molecule is CCOC(=O)c1c(O)cc(=O)n2c1ccc1ccccc12.